The third-order valence-corrected chi connectivity index (χ3v) is 3.18. The number of thioether (sulfide) groups is 1. The van der Waals surface area contributed by atoms with Crippen molar-refractivity contribution in [1.29, 1.82) is 0 Å². The van der Waals surface area contributed by atoms with Gasteiger partial charge in [-0.1, -0.05) is 0 Å². The molecule has 2 nitrogen and oxygen atoms in total. The molecule has 1 N–H and O–H groups in total. The minimum Gasteiger partial charge on any atom is -0.311 e. The van der Waals surface area contributed by atoms with Crippen LogP contribution in [0.25, 0.3) is 0 Å². The summed E-state index contributed by atoms with van der Waals surface area (Å²) in [5, 5.41) is 3.05. The van der Waals surface area contributed by atoms with Gasteiger partial charge in [0.2, 0.25) is 0 Å². The van der Waals surface area contributed by atoms with Crippen LogP contribution in [-0.4, -0.2) is 37.1 Å². The maximum absolute atomic E-state index is 11.6. The van der Waals surface area contributed by atoms with E-state index in [2.05, 4.69) is 10.1 Å². The molecule has 1 aliphatic rings. The Morgan fingerprint density at radius 1 is 1.43 bits per heavy atom. The lowest BCUT2D eigenvalue weighted by molar-refractivity contribution is -0.323. The van der Waals surface area contributed by atoms with Crippen molar-refractivity contribution >= 4 is 11.8 Å². The van der Waals surface area contributed by atoms with Gasteiger partial charge < -0.3 is 5.32 Å². The lowest BCUT2D eigenvalue weighted by atomic mass is 10.2. The normalized spacial score (nSPS) is 23.8. The molecular weight excluding hydrogens is 215 g/mol. The zero-order chi connectivity index (χ0) is 10.4. The van der Waals surface area contributed by atoms with Crippen LogP contribution in [0, 0.1) is 0 Å². The number of alkyl halides is 3. The number of halogens is 3. The SMILES string of the molecule is FC(F)(F)OCCNC1CCCSC1. The Labute approximate surface area is 85.6 Å². The molecule has 0 amide bonds. The Kier molecular flexibility index (Phi) is 5.05. The van der Waals surface area contributed by atoms with Crippen LogP contribution >= 0.6 is 11.8 Å². The highest BCUT2D eigenvalue weighted by atomic mass is 32.2. The lowest BCUT2D eigenvalue weighted by Crippen LogP contribution is -2.36. The molecular formula is C8H14F3NOS. The molecule has 1 fully saturated rings. The van der Waals surface area contributed by atoms with Crippen LogP contribution < -0.4 is 5.32 Å². The molecule has 1 aliphatic heterocycles. The van der Waals surface area contributed by atoms with Gasteiger partial charge in [-0.2, -0.15) is 11.8 Å². The van der Waals surface area contributed by atoms with E-state index in [0.717, 1.165) is 24.3 Å². The maximum Gasteiger partial charge on any atom is 0.522 e. The average Bonchev–Trinajstić information content (AvgIpc) is 2.13. The quantitative estimate of drug-likeness (QED) is 0.745. The van der Waals surface area contributed by atoms with E-state index in [0.29, 0.717) is 6.04 Å². The Morgan fingerprint density at radius 3 is 2.79 bits per heavy atom. The Hall–Kier alpha value is 0.0600. The van der Waals surface area contributed by atoms with Crippen LogP contribution in [0.3, 0.4) is 0 Å². The first-order valence-corrected chi connectivity index (χ1v) is 5.75. The fourth-order valence-corrected chi connectivity index (χ4v) is 2.44. The van der Waals surface area contributed by atoms with Gasteiger partial charge in [0.15, 0.2) is 0 Å². The lowest BCUT2D eigenvalue weighted by Gasteiger charge is -2.22. The van der Waals surface area contributed by atoms with E-state index in [9.17, 15) is 13.2 Å². The summed E-state index contributed by atoms with van der Waals surface area (Å²) in [6, 6.07) is 0.352. The van der Waals surface area contributed by atoms with Gasteiger partial charge in [0.1, 0.15) is 0 Å². The largest absolute Gasteiger partial charge is 0.522 e. The van der Waals surface area contributed by atoms with Gasteiger partial charge in [-0.15, -0.1) is 13.2 Å². The van der Waals surface area contributed by atoms with E-state index in [1.165, 1.54) is 0 Å². The van der Waals surface area contributed by atoms with Crippen molar-refractivity contribution in [2.75, 3.05) is 24.7 Å². The van der Waals surface area contributed by atoms with Crippen LogP contribution in [0.2, 0.25) is 0 Å². The van der Waals surface area contributed by atoms with Gasteiger partial charge in [-0.25, -0.2) is 0 Å². The maximum atomic E-state index is 11.6. The van der Waals surface area contributed by atoms with Crippen LogP contribution in [0.4, 0.5) is 13.2 Å². The molecule has 14 heavy (non-hydrogen) atoms. The van der Waals surface area contributed by atoms with Crippen LogP contribution in [-0.2, 0) is 4.74 Å². The summed E-state index contributed by atoms with van der Waals surface area (Å²) in [7, 11) is 0. The number of rotatable bonds is 4. The molecule has 1 rings (SSSR count). The van der Waals surface area contributed by atoms with E-state index < -0.39 is 6.36 Å². The second-order valence-corrected chi connectivity index (χ2v) is 4.31. The van der Waals surface area contributed by atoms with Crippen molar-refractivity contribution in [3.05, 3.63) is 0 Å². The fourth-order valence-electron chi connectivity index (χ4n) is 1.33. The summed E-state index contributed by atoms with van der Waals surface area (Å²) in [6.07, 6.45) is -2.30. The second kappa shape index (κ2) is 5.82. The third kappa shape index (κ3) is 5.72. The minimum atomic E-state index is -4.50. The topological polar surface area (TPSA) is 21.3 Å². The summed E-state index contributed by atoms with van der Waals surface area (Å²) in [4.78, 5) is 0. The first-order valence-electron chi connectivity index (χ1n) is 4.60. The van der Waals surface area contributed by atoms with E-state index in [4.69, 9.17) is 0 Å². The molecule has 84 valence electrons. The summed E-state index contributed by atoms with van der Waals surface area (Å²) in [6.45, 7) is -0.0323. The number of hydrogen-bond donors (Lipinski definition) is 1. The van der Waals surface area contributed by atoms with E-state index in [-0.39, 0.29) is 13.2 Å². The molecule has 0 aliphatic carbocycles. The highest BCUT2D eigenvalue weighted by molar-refractivity contribution is 7.99. The number of ether oxygens (including phenoxy) is 1. The van der Waals surface area contributed by atoms with Gasteiger partial charge in [0, 0.05) is 18.3 Å². The molecule has 0 saturated carbocycles. The smallest absolute Gasteiger partial charge is 0.311 e. The Balaban J connectivity index is 1.97. The molecule has 1 atom stereocenters. The average molecular weight is 229 g/mol. The van der Waals surface area contributed by atoms with Crippen LogP contribution in [0.1, 0.15) is 12.8 Å². The van der Waals surface area contributed by atoms with Crippen molar-refractivity contribution in [3.8, 4) is 0 Å². The second-order valence-electron chi connectivity index (χ2n) is 3.16. The monoisotopic (exact) mass is 229 g/mol. The van der Waals surface area contributed by atoms with Crippen molar-refractivity contribution in [1.82, 2.24) is 5.32 Å². The van der Waals surface area contributed by atoms with Crippen molar-refractivity contribution in [2.24, 2.45) is 0 Å². The molecule has 1 saturated heterocycles. The standard InChI is InChI=1S/C8H14F3NOS/c9-8(10,11)13-4-3-12-7-2-1-5-14-6-7/h7,12H,1-6H2. The highest BCUT2D eigenvalue weighted by Crippen LogP contribution is 2.17. The summed E-state index contributed by atoms with van der Waals surface area (Å²) >= 11 is 1.84. The molecule has 0 radical (unpaired) electrons. The molecule has 0 aromatic heterocycles. The van der Waals surface area contributed by atoms with E-state index in [1.54, 1.807) is 0 Å². The predicted octanol–water partition coefficient (Wildman–Crippen LogP) is 2.01. The molecule has 1 unspecified atom stereocenters. The van der Waals surface area contributed by atoms with Gasteiger partial charge in [-0.3, -0.25) is 4.74 Å². The summed E-state index contributed by atoms with van der Waals surface area (Å²) < 4.78 is 38.4. The van der Waals surface area contributed by atoms with E-state index >= 15 is 0 Å². The zero-order valence-electron chi connectivity index (χ0n) is 7.77. The fraction of sp³-hybridized carbons (Fsp3) is 1.00. The Morgan fingerprint density at radius 2 is 2.21 bits per heavy atom. The Bertz CT molecular complexity index is 159. The predicted molar refractivity (Wildman–Crippen MR) is 50.4 cm³/mol. The van der Waals surface area contributed by atoms with Gasteiger partial charge in [0.05, 0.1) is 6.61 Å². The van der Waals surface area contributed by atoms with Gasteiger partial charge >= 0.3 is 6.36 Å². The van der Waals surface area contributed by atoms with Crippen molar-refractivity contribution in [3.63, 3.8) is 0 Å². The zero-order valence-corrected chi connectivity index (χ0v) is 8.59. The number of hydrogen-bond acceptors (Lipinski definition) is 3. The molecule has 0 aromatic rings. The first-order chi connectivity index (χ1) is 6.58. The van der Waals surface area contributed by atoms with E-state index in [1.807, 2.05) is 11.8 Å². The molecule has 0 spiro atoms. The first kappa shape index (κ1) is 12.1. The highest BCUT2D eigenvalue weighted by Gasteiger charge is 2.28. The van der Waals surface area contributed by atoms with Gasteiger partial charge in [0.25, 0.3) is 0 Å². The molecule has 0 bridgehead atoms. The van der Waals surface area contributed by atoms with Crippen LogP contribution in [0.15, 0.2) is 0 Å². The molecule has 6 heteroatoms. The van der Waals surface area contributed by atoms with Crippen molar-refractivity contribution < 1.29 is 17.9 Å². The van der Waals surface area contributed by atoms with Crippen molar-refractivity contribution in [2.45, 2.75) is 25.2 Å². The number of nitrogens with one attached hydrogen (secondary N) is 1. The van der Waals surface area contributed by atoms with Crippen LogP contribution in [0.5, 0.6) is 0 Å². The molecule has 0 aromatic carbocycles. The summed E-state index contributed by atoms with van der Waals surface area (Å²) in [5.74, 6) is 2.16. The molecule has 1 heterocycles. The minimum absolute atomic E-state index is 0.269. The summed E-state index contributed by atoms with van der Waals surface area (Å²) in [5.41, 5.74) is 0. The third-order valence-electron chi connectivity index (χ3n) is 1.96. The van der Waals surface area contributed by atoms with Gasteiger partial charge in [-0.05, 0) is 18.6 Å².